The fraction of sp³-hybridized carbons (Fsp3) is 1.00. The van der Waals surface area contributed by atoms with Gasteiger partial charge in [0.1, 0.15) is 54.9 Å². The van der Waals surface area contributed by atoms with E-state index < -0.39 is 92.9 Å². The van der Waals surface area contributed by atoms with Crippen molar-refractivity contribution in [3.8, 4) is 0 Å². The Morgan fingerprint density at radius 3 is 1.93 bits per heavy atom. The highest BCUT2D eigenvalue weighted by Gasteiger charge is 2.54. The predicted octanol–water partition coefficient (Wildman–Crippen LogP) is -4.65. The van der Waals surface area contributed by atoms with Crippen LogP contribution in [-0.2, 0) is 18.9 Å². The van der Waals surface area contributed by atoms with E-state index in [1.807, 2.05) is 0 Å². The molecule has 15 heteroatoms. The molecule has 0 aromatic heterocycles. The van der Waals surface area contributed by atoms with Gasteiger partial charge < -0.3 is 74.7 Å². The van der Waals surface area contributed by atoms with Gasteiger partial charge in [-0.25, -0.2) is 0 Å². The summed E-state index contributed by atoms with van der Waals surface area (Å²) in [6.07, 6.45) is -14.8. The van der Waals surface area contributed by atoms with Crippen LogP contribution >= 0.6 is 0 Å². The highest BCUT2D eigenvalue weighted by Crippen LogP contribution is 2.42. The van der Waals surface area contributed by atoms with Crippen molar-refractivity contribution in [1.82, 2.24) is 0 Å². The molecule has 0 radical (unpaired) electrons. The van der Waals surface area contributed by atoms with Crippen molar-refractivity contribution in [1.29, 1.82) is 0 Å². The molecular weight excluding hydrogens is 564 g/mol. The first-order chi connectivity index (χ1) is 20.0. The summed E-state index contributed by atoms with van der Waals surface area (Å²) in [5.41, 5.74) is 0. The second kappa shape index (κ2) is 13.8. The largest absolute Gasteiger partial charge is 0.427 e. The van der Waals surface area contributed by atoms with Crippen molar-refractivity contribution < 1.29 is 74.7 Å². The third kappa shape index (κ3) is 6.80. The van der Waals surface area contributed by atoms with E-state index in [9.17, 15) is 51.1 Å². The lowest BCUT2D eigenvalue weighted by molar-refractivity contribution is -0.362. The van der Waals surface area contributed by atoms with Gasteiger partial charge in [-0.1, -0.05) is 0 Å². The van der Waals surface area contributed by atoms with Crippen molar-refractivity contribution in [2.45, 2.75) is 143 Å². The Morgan fingerprint density at radius 2 is 1.26 bits per heavy atom. The van der Waals surface area contributed by atoms with E-state index in [2.05, 4.69) is 0 Å². The van der Waals surface area contributed by atoms with Gasteiger partial charge in [-0.05, 0) is 32.1 Å². The summed E-state index contributed by atoms with van der Waals surface area (Å²) in [5, 5.41) is 103. The number of aliphatic hydroxyl groups excluding tert-OH is 10. The van der Waals surface area contributed by atoms with Crippen molar-refractivity contribution in [3.63, 3.8) is 0 Å². The zero-order valence-electron chi connectivity index (χ0n) is 23.3. The van der Waals surface area contributed by atoms with Gasteiger partial charge in [-0.2, -0.15) is 0 Å². The van der Waals surface area contributed by atoms with Gasteiger partial charge in [0.05, 0.1) is 37.4 Å². The fourth-order valence-electron chi connectivity index (χ4n) is 7.21. The van der Waals surface area contributed by atoms with Crippen molar-refractivity contribution in [2.75, 3.05) is 13.2 Å². The molecule has 5 fully saturated rings. The lowest BCUT2D eigenvalue weighted by Crippen LogP contribution is -2.63. The van der Waals surface area contributed by atoms with Gasteiger partial charge >= 0.3 is 0 Å². The lowest BCUT2D eigenvalue weighted by Gasteiger charge is -2.48. The van der Waals surface area contributed by atoms with Crippen molar-refractivity contribution in [3.05, 3.63) is 0 Å². The second-order valence-corrected chi connectivity index (χ2v) is 12.6. The maximum absolute atomic E-state index is 10.8. The molecule has 2 aliphatic carbocycles. The molecule has 5 rings (SSSR count). The number of hydrogen-bond acceptors (Lipinski definition) is 14. The molecular formula is C27H47O15+. The smallest absolute Gasteiger partial charge is 0.187 e. The normalized spacial score (nSPS) is 53.9. The van der Waals surface area contributed by atoms with E-state index >= 15 is 0 Å². The zero-order valence-corrected chi connectivity index (χ0v) is 23.3. The average molecular weight is 612 g/mol. The van der Waals surface area contributed by atoms with Crippen LogP contribution in [0.25, 0.3) is 0 Å². The number of rotatable bonds is 7. The van der Waals surface area contributed by atoms with Crippen LogP contribution in [0.4, 0.5) is 0 Å². The molecule has 0 aromatic carbocycles. The quantitative estimate of drug-likeness (QED) is 0.122. The van der Waals surface area contributed by atoms with Crippen molar-refractivity contribution in [2.24, 2.45) is 11.8 Å². The molecule has 16 atom stereocenters. The zero-order chi connectivity index (χ0) is 30.3. The van der Waals surface area contributed by atoms with Crippen LogP contribution in [0, 0.1) is 11.8 Å². The van der Waals surface area contributed by atoms with Gasteiger partial charge in [0.15, 0.2) is 24.8 Å². The molecule has 244 valence electrons. The van der Waals surface area contributed by atoms with Crippen LogP contribution in [0.15, 0.2) is 0 Å². The molecule has 3 heterocycles. The maximum atomic E-state index is 10.8. The lowest BCUT2D eigenvalue weighted by atomic mass is 9.73. The molecule has 3 saturated heterocycles. The molecule has 15 nitrogen and oxygen atoms in total. The SMILES string of the molecule is OCC1OC(OCC2OC(OC3CC4C(O)CC(O)CC4[OH+]C3C3CCC(O)CC3)C(O)C(O)C2O)C(O)C(O)C1O. The monoisotopic (exact) mass is 611 g/mol. The second-order valence-electron chi connectivity index (χ2n) is 12.6. The van der Waals surface area contributed by atoms with E-state index in [0.29, 0.717) is 38.5 Å². The van der Waals surface area contributed by atoms with Gasteiger partial charge in [0.25, 0.3) is 0 Å². The Bertz CT molecular complexity index is 857. The minimum absolute atomic E-state index is 0.0529. The summed E-state index contributed by atoms with van der Waals surface area (Å²) >= 11 is 0. The molecule has 5 aliphatic rings. The molecule has 0 amide bonds. The van der Waals surface area contributed by atoms with Gasteiger partial charge in [0, 0.05) is 18.8 Å². The minimum atomic E-state index is -1.70. The molecule has 0 spiro atoms. The Hall–Kier alpha value is -0.600. The predicted molar refractivity (Wildman–Crippen MR) is 138 cm³/mol. The third-order valence-electron chi connectivity index (χ3n) is 9.74. The van der Waals surface area contributed by atoms with E-state index in [4.69, 9.17) is 23.7 Å². The summed E-state index contributed by atoms with van der Waals surface area (Å²) < 4.78 is 28.0. The van der Waals surface area contributed by atoms with E-state index in [-0.39, 0.29) is 36.6 Å². The summed E-state index contributed by atoms with van der Waals surface area (Å²) in [7, 11) is 0. The number of fused-ring (bicyclic) bond motifs is 1. The topological polar surface area (TPSA) is 252 Å². The molecule has 3 aliphatic heterocycles. The van der Waals surface area contributed by atoms with Crippen LogP contribution in [0.1, 0.15) is 44.9 Å². The first-order valence-corrected chi connectivity index (χ1v) is 15.0. The standard InChI is InChI=1S/C27H46O15/c28-8-17-19(32)21(34)23(36)26(41-17)38-9-18-20(33)22(35)24(37)27(42-18)40-16-7-13-14(31)5-12(30)6-15(13)39-25(16)10-1-3-11(29)4-2-10/h10-37H,1-9H2/p+1. The van der Waals surface area contributed by atoms with Crippen LogP contribution in [0.2, 0.25) is 0 Å². The molecule has 16 unspecified atom stereocenters. The van der Waals surface area contributed by atoms with E-state index in [1.165, 1.54) is 0 Å². The third-order valence-corrected chi connectivity index (χ3v) is 9.74. The molecule has 0 bridgehead atoms. The van der Waals surface area contributed by atoms with Crippen LogP contribution in [-0.4, -0.2) is 167 Å². The molecule has 42 heavy (non-hydrogen) atoms. The first kappa shape index (κ1) is 32.8. The number of ether oxygens (including phenoxy) is 5. The Labute approximate surface area is 243 Å². The van der Waals surface area contributed by atoms with Gasteiger partial charge in [0.2, 0.25) is 0 Å². The summed E-state index contributed by atoms with van der Waals surface area (Å²) in [6.45, 7) is -1.13. The highest BCUT2D eigenvalue weighted by molar-refractivity contribution is 4.98. The highest BCUT2D eigenvalue weighted by atomic mass is 16.7. The molecule has 11 N–H and O–H groups in total. The first-order valence-electron chi connectivity index (χ1n) is 15.0. The van der Waals surface area contributed by atoms with Gasteiger partial charge in [-0.3, -0.25) is 0 Å². The number of aliphatic hydroxyl groups is 12. The molecule has 2 saturated carbocycles. The van der Waals surface area contributed by atoms with Crippen LogP contribution in [0.3, 0.4) is 0 Å². The number of hydrogen-bond donors (Lipinski definition) is 10. The molecule has 0 aromatic rings. The van der Waals surface area contributed by atoms with Crippen LogP contribution < -0.4 is 0 Å². The van der Waals surface area contributed by atoms with Crippen LogP contribution in [0.5, 0.6) is 0 Å². The van der Waals surface area contributed by atoms with Crippen molar-refractivity contribution >= 4 is 0 Å². The maximum Gasteiger partial charge on any atom is 0.187 e. The van der Waals surface area contributed by atoms with Gasteiger partial charge in [-0.15, -0.1) is 0 Å². The summed E-state index contributed by atoms with van der Waals surface area (Å²) in [5.74, 6) is -0.234. The minimum Gasteiger partial charge on any atom is -0.427 e. The Balaban J connectivity index is 1.28. The summed E-state index contributed by atoms with van der Waals surface area (Å²) in [4.78, 5) is 0. The van der Waals surface area contributed by atoms with E-state index in [0.717, 1.165) is 0 Å². The average Bonchev–Trinajstić information content (AvgIpc) is 2.97. The summed E-state index contributed by atoms with van der Waals surface area (Å²) in [6, 6.07) is 0. The van der Waals surface area contributed by atoms with E-state index in [1.54, 1.807) is 0 Å². The fourth-order valence-corrected chi connectivity index (χ4v) is 7.21. The Morgan fingerprint density at radius 1 is 0.643 bits per heavy atom. The Kier molecular flexibility index (Phi) is 10.8.